The van der Waals surface area contributed by atoms with E-state index in [0.29, 0.717) is 25.3 Å². The number of carbonyl (C=O) groups is 2. The van der Waals surface area contributed by atoms with Crippen molar-refractivity contribution in [2.24, 2.45) is 0 Å². The smallest absolute Gasteiger partial charge is 0.414 e. The van der Waals surface area contributed by atoms with Gasteiger partial charge in [-0.15, -0.1) is 4.98 Å². The molecule has 5 rings (SSSR count). The summed E-state index contributed by atoms with van der Waals surface area (Å²) < 4.78 is 15.8. The Morgan fingerprint density at radius 3 is 2.17 bits per heavy atom. The maximum atomic E-state index is 12.5. The predicted octanol–water partition coefficient (Wildman–Crippen LogP) is 2.29. The molecule has 1 aromatic heterocycles. The van der Waals surface area contributed by atoms with Crippen LogP contribution in [0.25, 0.3) is 0 Å². The third-order valence-corrected chi connectivity index (χ3v) is 6.92. The molecule has 0 unspecified atom stereocenters. The highest BCUT2D eigenvalue weighted by molar-refractivity contribution is 5.90. The van der Waals surface area contributed by atoms with Gasteiger partial charge in [0.25, 0.3) is 0 Å². The summed E-state index contributed by atoms with van der Waals surface area (Å²) in [6.45, 7) is 3.65. The summed E-state index contributed by atoms with van der Waals surface area (Å²) in [6.07, 6.45) is 0.259. The molecular weight excluding hydrogens is 514 g/mol. The predicted molar refractivity (Wildman–Crippen MR) is 149 cm³/mol. The highest BCUT2D eigenvalue weighted by Crippen LogP contribution is 2.26. The number of aryl methyl sites for hydroxylation is 1. The second-order valence-electron chi connectivity index (χ2n) is 9.51. The molecule has 1 atom stereocenters. The van der Waals surface area contributed by atoms with Gasteiger partial charge in [-0.1, -0.05) is 30.3 Å². The molecule has 2 aliphatic heterocycles. The van der Waals surface area contributed by atoms with Gasteiger partial charge in [0.15, 0.2) is 0 Å². The summed E-state index contributed by atoms with van der Waals surface area (Å²) >= 11 is 0. The van der Waals surface area contributed by atoms with Crippen molar-refractivity contribution in [3.63, 3.8) is 0 Å². The average Bonchev–Trinajstić information content (AvgIpc) is 3.39. The molecule has 2 aromatic carbocycles. The number of hydrogen-bond donors (Lipinski definition) is 1. The maximum absolute atomic E-state index is 12.5. The normalized spacial score (nSPS) is 17.0. The molecule has 210 valence electrons. The molecule has 3 heterocycles. The highest BCUT2D eigenvalue weighted by Gasteiger charge is 2.32. The van der Waals surface area contributed by atoms with Crippen molar-refractivity contribution in [2.75, 3.05) is 68.2 Å². The van der Waals surface area contributed by atoms with Crippen molar-refractivity contribution in [3.8, 4) is 12.0 Å². The fourth-order valence-corrected chi connectivity index (χ4v) is 4.72. The minimum absolute atomic E-state index is 0.0587. The Morgan fingerprint density at radius 2 is 1.52 bits per heavy atom. The third kappa shape index (κ3) is 6.50. The number of carbonyl (C=O) groups excluding carboxylic acids is 2. The van der Waals surface area contributed by atoms with Crippen LogP contribution in [0.2, 0.25) is 0 Å². The number of amides is 2. The van der Waals surface area contributed by atoms with Crippen LogP contribution in [0.4, 0.5) is 22.1 Å². The van der Waals surface area contributed by atoms with E-state index in [0.717, 1.165) is 43.1 Å². The average molecular weight is 548 g/mol. The number of methoxy groups -OCH3 is 2. The lowest BCUT2D eigenvalue weighted by molar-refractivity contribution is -0.121. The first-order chi connectivity index (χ1) is 19.5. The van der Waals surface area contributed by atoms with E-state index in [-0.39, 0.29) is 24.5 Å². The number of benzene rings is 2. The zero-order valence-corrected chi connectivity index (χ0v) is 22.7. The van der Waals surface area contributed by atoms with E-state index >= 15 is 0 Å². The van der Waals surface area contributed by atoms with Gasteiger partial charge in [0.1, 0.15) is 6.10 Å². The van der Waals surface area contributed by atoms with Crippen LogP contribution in [0.3, 0.4) is 0 Å². The number of aromatic nitrogens is 3. The van der Waals surface area contributed by atoms with Gasteiger partial charge in [-0.3, -0.25) is 9.69 Å². The number of anilines is 3. The Balaban J connectivity index is 1.10. The van der Waals surface area contributed by atoms with Gasteiger partial charge >= 0.3 is 18.1 Å². The standard InChI is InChI=1S/C28H33N7O5/c1-38-26-30-25(31-27(32-26)39-2)34-16-14-33(15-17-34)21-9-11-22(12-10-21)35-19-23(40-28(35)37)18-29-24(36)13-8-20-6-4-3-5-7-20/h3-7,9-12,23H,8,13-19H2,1-2H3,(H,29,36)/t23-/m0/s1. The van der Waals surface area contributed by atoms with Crippen LogP contribution in [0, 0.1) is 0 Å². The minimum atomic E-state index is -0.409. The highest BCUT2D eigenvalue weighted by atomic mass is 16.6. The van der Waals surface area contributed by atoms with Gasteiger partial charge in [0.2, 0.25) is 11.9 Å². The zero-order chi connectivity index (χ0) is 27.9. The van der Waals surface area contributed by atoms with Crippen LogP contribution in [0.1, 0.15) is 12.0 Å². The molecule has 0 saturated carbocycles. The number of nitrogens with zero attached hydrogens (tertiary/aromatic N) is 6. The second kappa shape index (κ2) is 12.5. The quantitative estimate of drug-likeness (QED) is 0.405. The molecule has 2 fully saturated rings. The first kappa shape index (κ1) is 27.0. The monoisotopic (exact) mass is 547 g/mol. The topological polar surface area (TPSA) is 122 Å². The SMILES string of the molecule is COc1nc(OC)nc(N2CCN(c3ccc(N4C[C@H](CNC(=O)CCc5ccccc5)OC4=O)cc3)CC2)n1. The van der Waals surface area contributed by atoms with E-state index in [1.54, 1.807) is 4.90 Å². The summed E-state index contributed by atoms with van der Waals surface area (Å²) in [5.74, 6) is 0.463. The number of ether oxygens (including phenoxy) is 3. The van der Waals surface area contributed by atoms with Crippen LogP contribution in [0.5, 0.6) is 12.0 Å². The van der Waals surface area contributed by atoms with Crippen molar-refractivity contribution in [2.45, 2.75) is 18.9 Å². The summed E-state index contributed by atoms with van der Waals surface area (Å²) in [4.78, 5) is 43.5. The van der Waals surface area contributed by atoms with Crippen molar-refractivity contribution in [1.82, 2.24) is 20.3 Å². The lowest BCUT2D eigenvalue weighted by Crippen LogP contribution is -2.47. The number of cyclic esters (lactones) is 1. The van der Waals surface area contributed by atoms with Crippen molar-refractivity contribution in [3.05, 3.63) is 60.2 Å². The van der Waals surface area contributed by atoms with E-state index < -0.39 is 12.2 Å². The van der Waals surface area contributed by atoms with Crippen LogP contribution < -0.4 is 29.5 Å². The van der Waals surface area contributed by atoms with E-state index in [2.05, 4.69) is 30.1 Å². The number of piperazine rings is 1. The van der Waals surface area contributed by atoms with E-state index in [1.165, 1.54) is 14.2 Å². The van der Waals surface area contributed by atoms with Crippen LogP contribution in [-0.2, 0) is 16.0 Å². The van der Waals surface area contributed by atoms with E-state index in [4.69, 9.17) is 14.2 Å². The second-order valence-corrected chi connectivity index (χ2v) is 9.51. The van der Waals surface area contributed by atoms with Gasteiger partial charge in [0.05, 0.1) is 27.3 Å². The van der Waals surface area contributed by atoms with Gasteiger partial charge in [-0.25, -0.2) is 4.79 Å². The van der Waals surface area contributed by atoms with Gasteiger partial charge in [-0.2, -0.15) is 9.97 Å². The number of rotatable bonds is 10. The van der Waals surface area contributed by atoms with E-state index in [9.17, 15) is 9.59 Å². The lowest BCUT2D eigenvalue weighted by Gasteiger charge is -2.36. The molecule has 3 aromatic rings. The van der Waals surface area contributed by atoms with Crippen LogP contribution in [-0.4, -0.2) is 86.5 Å². The largest absolute Gasteiger partial charge is 0.467 e. The van der Waals surface area contributed by atoms with Gasteiger partial charge in [0, 0.05) is 44.0 Å². The molecule has 0 bridgehead atoms. The Hall–Kier alpha value is -4.61. The lowest BCUT2D eigenvalue weighted by atomic mass is 10.1. The molecule has 2 aliphatic rings. The van der Waals surface area contributed by atoms with Crippen molar-refractivity contribution < 1.29 is 23.8 Å². The third-order valence-electron chi connectivity index (χ3n) is 6.92. The summed E-state index contributed by atoms with van der Waals surface area (Å²) in [5.41, 5.74) is 2.93. The van der Waals surface area contributed by atoms with Gasteiger partial charge in [-0.05, 0) is 36.2 Å². The molecular formula is C28H33N7O5. The molecule has 2 saturated heterocycles. The number of nitrogens with one attached hydrogen (secondary N) is 1. The zero-order valence-electron chi connectivity index (χ0n) is 22.7. The first-order valence-corrected chi connectivity index (χ1v) is 13.2. The minimum Gasteiger partial charge on any atom is -0.467 e. The molecule has 0 aliphatic carbocycles. The Labute approximate surface area is 232 Å². The fourth-order valence-electron chi connectivity index (χ4n) is 4.72. The van der Waals surface area contributed by atoms with Crippen molar-refractivity contribution in [1.29, 1.82) is 0 Å². The molecule has 12 nitrogen and oxygen atoms in total. The molecule has 0 spiro atoms. The summed E-state index contributed by atoms with van der Waals surface area (Å²) in [7, 11) is 3.02. The first-order valence-electron chi connectivity index (χ1n) is 13.2. The molecule has 2 amide bonds. The van der Waals surface area contributed by atoms with Crippen LogP contribution in [0.15, 0.2) is 54.6 Å². The van der Waals surface area contributed by atoms with Gasteiger partial charge < -0.3 is 29.3 Å². The number of hydrogen-bond acceptors (Lipinski definition) is 10. The Kier molecular flexibility index (Phi) is 8.43. The fraction of sp³-hybridized carbons (Fsp3) is 0.393. The van der Waals surface area contributed by atoms with Crippen LogP contribution >= 0.6 is 0 Å². The molecule has 1 N–H and O–H groups in total. The summed E-state index contributed by atoms with van der Waals surface area (Å²) in [5, 5.41) is 2.89. The molecule has 40 heavy (non-hydrogen) atoms. The Morgan fingerprint density at radius 1 is 0.900 bits per heavy atom. The molecule has 12 heteroatoms. The summed E-state index contributed by atoms with van der Waals surface area (Å²) in [6, 6.07) is 18.2. The Bertz CT molecular complexity index is 1280. The van der Waals surface area contributed by atoms with Crippen molar-refractivity contribution >= 4 is 29.3 Å². The van der Waals surface area contributed by atoms with E-state index in [1.807, 2.05) is 54.6 Å². The maximum Gasteiger partial charge on any atom is 0.414 e. The molecule has 0 radical (unpaired) electrons.